The van der Waals surface area contributed by atoms with Crippen LogP contribution in [0.2, 0.25) is 0 Å². The van der Waals surface area contributed by atoms with Gasteiger partial charge in [-0.05, 0) is 18.4 Å². The van der Waals surface area contributed by atoms with Crippen LogP contribution in [0.4, 0.5) is 0 Å². The van der Waals surface area contributed by atoms with Crippen LogP contribution in [-0.4, -0.2) is 5.78 Å². The number of rotatable bonds is 8. The van der Waals surface area contributed by atoms with Crippen LogP contribution >= 0.6 is 0 Å². The van der Waals surface area contributed by atoms with Gasteiger partial charge in [0.15, 0.2) is 0 Å². The van der Waals surface area contributed by atoms with E-state index >= 15 is 0 Å². The molecule has 0 saturated carbocycles. The Morgan fingerprint density at radius 1 is 1.18 bits per heavy atom. The normalized spacial score (nSPS) is 12.4. The molecule has 0 heterocycles. The molecular weight excluding hydrogens is 208 g/mol. The molecule has 0 aliphatic carbocycles. The zero-order valence-electron chi connectivity index (χ0n) is 11.1. The number of carbonyl (C=O) groups excluding carboxylic acids is 1. The first-order valence-corrected chi connectivity index (χ1v) is 6.80. The molecule has 94 valence electrons. The summed E-state index contributed by atoms with van der Waals surface area (Å²) in [6.45, 7) is 4.27. The molecule has 1 rings (SSSR count). The van der Waals surface area contributed by atoms with E-state index in [1.165, 1.54) is 24.8 Å². The van der Waals surface area contributed by atoms with E-state index in [2.05, 4.69) is 26.0 Å². The fourth-order valence-corrected chi connectivity index (χ4v) is 2.02. The highest BCUT2D eigenvalue weighted by Gasteiger charge is 2.11. The highest BCUT2D eigenvalue weighted by molar-refractivity contribution is 5.80. The topological polar surface area (TPSA) is 17.1 Å². The molecule has 1 aromatic rings. The molecule has 1 aromatic carbocycles. The first-order valence-electron chi connectivity index (χ1n) is 6.80. The lowest BCUT2D eigenvalue weighted by atomic mass is 9.95. The number of unbranched alkanes of at least 4 members (excludes halogenated alkanes) is 2. The van der Waals surface area contributed by atoms with Crippen LogP contribution in [0.3, 0.4) is 0 Å². The smallest absolute Gasteiger partial charge is 0.136 e. The third-order valence-corrected chi connectivity index (χ3v) is 3.29. The number of aryl methyl sites for hydroxylation is 1. The number of benzene rings is 1. The summed E-state index contributed by atoms with van der Waals surface area (Å²) < 4.78 is 0. The molecule has 0 aliphatic heterocycles. The van der Waals surface area contributed by atoms with Gasteiger partial charge in [0.1, 0.15) is 5.78 Å². The Balaban J connectivity index is 2.24. The van der Waals surface area contributed by atoms with Crippen molar-refractivity contribution in [2.75, 3.05) is 0 Å². The summed E-state index contributed by atoms with van der Waals surface area (Å²) in [6, 6.07) is 10.3. The van der Waals surface area contributed by atoms with Crippen LogP contribution in [-0.2, 0) is 11.2 Å². The van der Waals surface area contributed by atoms with Gasteiger partial charge < -0.3 is 0 Å². The Morgan fingerprint density at radius 3 is 2.53 bits per heavy atom. The van der Waals surface area contributed by atoms with Gasteiger partial charge in [-0.1, -0.05) is 63.4 Å². The van der Waals surface area contributed by atoms with Crippen LogP contribution in [0.5, 0.6) is 0 Å². The summed E-state index contributed by atoms with van der Waals surface area (Å²) in [5.74, 6) is 0.662. The Bertz CT molecular complexity index is 316. The second kappa shape index (κ2) is 8.05. The molecule has 0 aromatic heterocycles. The number of carbonyl (C=O) groups is 1. The minimum atomic E-state index is 0.241. The van der Waals surface area contributed by atoms with Crippen molar-refractivity contribution >= 4 is 5.78 Å². The Kier molecular flexibility index (Phi) is 6.61. The van der Waals surface area contributed by atoms with Gasteiger partial charge in [-0.25, -0.2) is 0 Å². The van der Waals surface area contributed by atoms with Crippen LogP contribution in [0, 0.1) is 5.92 Å². The van der Waals surface area contributed by atoms with Gasteiger partial charge in [0, 0.05) is 12.3 Å². The van der Waals surface area contributed by atoms with Gasteiger partial charge in [-0.15, -0.1) is 0 Å². The van der Waals surface area contributed by atoms with Crippen molar-refractivity contribution in [3.05, 3.63) is 35.9 Å². The summed E-state index contributed by atoms with van der Waals surface area (Å²) in [5, 5.41) is 0. The minimum absolute atomic E-state index is 0.241. The summed E-state index contributed by atoms with van der Waals surface area (Å²) in [7, 11) is 0. The lowest BCUT2D eigenvalue weighted by Crippen LogP contribution is -2.11. The first-order chi connectivity index (χ1) is 8.24. The van der Waals surface area contributed by atoms with Gasteiger partial charge >= 0.3 is 0 Å². The van der Waals surface area contributed by atoms with Crippen molar-refractivity contribution in [1.82, 2.24) is 0 Å². The van der Waals surface area contributed by atoms with Gasteiger partial charge in [-0.3, -0.25) is 4.79 Å². The Hall–Kier alpha value is -1.11. The van der Waals surface area contributed by atoms with Gasteiger partial charge in [-0.2, -0.15) is 0 Å². The molecule has 0 aliphatic rings. The van der Waals surface area contributed by atoms with Crippen molar-refractivity contribution in [2.24, 2.45) is 5.92 Å². The predicted molar refractivity (Wildman–Crippen MR) is 73.1 cm³/mol. The molecule has 0 saturated heterocycles. The fraction of sp³-hybridized carbons (Fsp3) is 0.562. The van der Waals surface area contributed by atoms with Crippen LogP contribution in [0.1, 0.15) is 51.5 Å². The predicted octanol–water partition coefficient (Wildman–Crippen LogP) is 4.40. The Labute approximate surface area is 105 Å². The maximum absolute atomic E-state index is 11.9. The van der Waals surface area contributed by atoms with Crippen LogP contribution in [0.25, 0.3) is 0 Å². The summed E-state index contributed by atoms with van der Waals surface area (Å²) in [6.07, 6.45) is 6.30. The first kappa shape index (κ1) is 14.0. The Morgan fingerprint density at radius 2 is 1.88 bits per heavy atom. The molecule has 1 nitrogen and oxygen atoms in total. The SMILES string of the molecule is CCCCCC(C)C(=O)CCc1ccccc1. The largest absolute Gasteiger partial charge is 0.299 e. The molecule has 1 atom stereocenters. The zero-order valence-corrected chi connectivity index (χ0v) is 11.1. The standard InChI is InChI=1S/C16H24O/c1-3-4-6-9-14(2)16(17)13-12-15-10-7-5-8-11-15/h5,7-8,10-11,14H,3-4,6,9,12-13H2,1-2H3. The molecule has 0 fully saturated rings. The molecule has 1 heteroatoms. The van der Waals surface area contributed by atoms with Crippen molar-refractivity contribution in [3.63, 3.8) is 0 Å². The molecular formula is C16H24O. The van der Waals surface area contributed by atoms with Gasteiger partial charge in [0.05, 0.1) is 0 Å². The second-order valence-electron chi connectivity index (χ2n) is 4.85. The van der Waals surface area contributed by atoms with Crippen molar-refractivity contribution in [1.29, 1.82) is 0 Å². The lowest BCUT2D eigenvalue weighted by Gasteiger charge is -2.09. The number of hydrogen-bond donors (Lipinski definition) is 0. The van der Waals surface area contributed by atoms with E-state index in [1.54, 1.807) is 0 Å². The average Bonchev–Trinajstić information content (AvgIpc) is 2.37. The highest BCUT2D eigenvalue weighted by atomic mass is 16.1. The average molecular weight is 232 g/mol. The molecule has 17 heavy (non-hydrogen) atoms. The van der Waals surface area contributed by atoms with Gasteiger partial charge in [0.2, 0.25) is 0 Å². The monoisotopic (exact) mass is 232 g/mol. The van der Waals surface area contributed by atoms with Crippen molar-refractivity contribution < 1.29 is 4.79 Å². The molecule has 0 radical (unpaired) electrons. The van der Waals surface area contributed by atoms with E-state index in [0.29, 0.717) is 12.2 Å². The highest BCUT2D eigenvalue weighted by Crippen LogP contribution is 2.13. The maximum Gasteiger partial charge on any atom is 0.136 e. The molecule has 0 bridgehead atoms. The third-order valence-electron chi connectivity index (χ3n) is 3.29. The van der Waals surface area contributed by atoms with Crippen LogP contribution < -0.4 is 0 Å². The molecule has 0 amide bonds. The zero-order chi connectivity index (χ0) is 12.5. The summed E-state index contributed by atoms with van der Waals surface area (Å²) in [4.78, 5) is 11.9. The maximum atomic E-state index is 11.9. The number of ketones is 1. The molecule has 1 unspecified atom stereocenters. The van der Waals surface area contributed by atoms with E-state index in [9.17, 15) is 4.79 Å². The van der Waals surface area contributed by atoms with E-state index in [1.807, 2.05) is 18.2 Å². The van der Waals surface area contributed by atoms with Crippen molar-refractivity contribution in [3.8, 4) is 0 Å². The summed E-state index contributed by atoms with van der Waals surface area (Å²) in [5.41, 5.74) is 1.27. The number of Topliss-reactive ketones (excluding diaryl/α,β-unsaturated/α-hetero) is 1. The van der Waals surface area contributed by atoms with E-state index in [4.69, 9.17) is 0 Å². The quantitative estimate of drug-likeness (QED) is 0.607. The third kappa shape index (κ3) is 5.67. The van der Waals surface area contributed by atoms with E-state index in [-0.39, 0.29) is 5.92 Å². The number of hydrogen-bond acceptors (Lipinski definition) is 1. The minimum Gasteiger partial charge on any atom is -0.299 e. The lowest BCUT2D eigenvalue weighted by molar-refractivity contribution is -0.122. The van der Waals surface area contributed by atoms with Crippen molar-refractivity contribution in [2.45, 2.75) is 52.4 Å². The summed E-state index contributed by atoms with van der Waals surface area (Å²) >= 11 is 0. The van der Waals surface area contributed by atoms with Gasteiger partial charge in [0.25, 0.3) is 0 Å². The van der Waals surface area contributed by atoms with E-state index < -0.39 is 0 Å². The van der Waals surface area contributed by atoms with E-state index in [0.717, 1.165) is 12.8 Å². The second-order valence-corrected chi connectivity index (χ2v) is 4.85. The van der Waals surface area contributed by atoms with Crippen LogP contribution in [0.15, 0.2) is 30.3 Å². The fourth-order valence-electron chi connectivity index (χ4n) is 2.02. The molecule has 0 N–H and O–H groups in total. The molecule has 0 spiro atoms.